The molecule has 0 radical (unpaired) electrons. The maximum absolute atomic E-state index is 11.2. The molecule has 1 saturated heterocycles. The minimum atomic E-state index is -0.290. The highest BCUT2D eigenvalue weighted by molar-refractivity contribution is 6.03. The fourth-order valence-corrected chi connectivity index (χ4v) is 1.41. The van der Waals surface area contributed by atoms with E-state index in [-0.39, 0.29) is 11.9 Å². The molecule has 1 heterocycles. The molecule has 1 atom stereocenters. The summed E-state index contributed by atoms with van der Waals surface area (Å²) >= 11 is 0. The van der Waals surface area contributed by atoms with E-state index in [4.69, 9.17) is 5.73 Å². The van der Waals surface area contributed by atoms with E-state index in [1.807, 2.05) is 31.2 Å². The van der Waals surface area contributed by atoms with Gasteiger partial charge in [-0.3, -0.25) is 4.79 Å². The van der Waals surface area contributed by atoms with Crippen LogP contribution in [0.5, 0.6) is 0 Å². The molecule has 0 saturated carbocycles. The van der Waals surface area contributed by atoms with Crippen molar-refractivity contribution < 1.29 is 4.79 Å². The minimum Gasteiger partial charge on any atom is -0.318 e. The van der Waals surface area contributed by atoms with E-state index in [0.29, 0.717) is 6.54 Å². The first-order valence-corrected chi connectivity index (χ1v) is 4.32. The molecule has 68 valence electrons. The van der Waals surface area contributed by atoms with Crippen LogP contribution in [0.15, 0.2) is 24.3 Å². The van der Waals surface area contributed by atoms with Crippen LogP contribution in [0.4, 0.5) is 5.69 Å². The molecule has 1 amide bonds. The van der Waals surface area contributed by atoms with Gasteiger partial charge >= 0.3 is 0 Å². The monoisotopic (exact) mass is 176 g/mol. The average Bonchev–Trinajstić information content (AvgIpc) is 2.15. The van der Waals surface area contributed by atoms with Crippen LogP contribution in [0.25, 0.3) is 0 Å². The molecule has 0 aromatic heterocycles. The van der Waals surface area contributed by atoms with Crippen molar-refractivity contribution in [2.75, 3.05) is 11.4 Å². The number of carbonyl (C=O) groups excluding carboxylic acids is 1. The van der Waals surface area contributed by atoms with E-state index in [1.165, 1.54) is 5.56 Å². The summed E-state index contributed by atoms with van der Waals surface area (Å²) in [6.07, 6.45) is 0. The highest BCUT2D eigenvalue weighted by Gasteiger charge is 2.34. The van der Waals surface area contributed by atoms with Gasteiger partial charge in [-0.2, -0.15) is 0 Å². The standard InChI is InChI=1S/C10H12N2O/c1-7-2-4-8(5-3-7)12-6-9(11)10(12)13/h2-5,9H,6,11H2,1H3. The number of amides is 1. The van der Waals surface area contributed by atoms with E-state index in [0.717, 1.165) is 5.69 Å². The van der Waals surface area contributed by atoms with Crippen LogP contribution < -0.4 is 10.6 Å². The largest absolute Gasteiger partial charge is 0.318 e. The number of rotatable bonds is 1. The van der Waals surface area contributed by atoms with E-state index in [1.54, 1.807) is 4.90 Å². The zero-order valence-electron chi connectivity index (χ0n) is 7.53. The molecule has 1 aliphatic heterocycles. The van der Waals surface area contributed by atoms with Gasteiger partial charge in [0.15, 0.2) is 0 Å². The number of β-lactam (4-membered cyclic amide) rings is 1. The van der Waals surface area contributed by atoms with Crippen LogP contribution in [-0.4, -0.2) is 18.5 Å². The van der Waals surface area contributed by atoms with Crippen molar-refractivity contribution in [3.63, 3.8) is 0 Å². The molecule has 1 aromatic rings. The fourth-order valence-electron chi connectivity index (χ4n) is 1.41. The molecule has 2 rings (SSSR count). The first-order chi connectivity index (χ1) is 6.18. The van der Waals surface area contributed by atoms with Crippen LogP contribution in [-0.2, 0) is 4.79 Å². The summed E-state index contributed by atoms with van der Waals surface area (Å²) < 4.78 is 0. The van der Waals surface area contributed by atoms with Crippen LogP contribution in [0, 0.1) is 6.92 Å². The predicted octanol–water partition coefficient (Wildman–Crippen LogP) is 0.669. The van der Waals surface area contributed by atoms with Gasteiger partial charge < -0.3 is 10.6 Å². The smallest absolute Gasteiger partial charge is 0.245 e. The van der Waals surface area contributed by atoms with Gasteiger partial charge in [-0.15, -0.1) is 0 Å². The minimum absolute atomic E-state index is 0.0175. The Morgan fingerprint density at radius 3 is 2.46 bits per heavy atom. The average molecular weight is 176 g/mol. The van der Waals surface area contributed by atoms with Crippen molar-refractivity contribution in [1.82, 2.24) is 0 Å². The summed E-state index contributed by atoms with van der Waals surface area (Å²) in [5.41, 5.74) is 7.63. The number of carbonyl (C=O) groups is 1. The third kappa shape index (κ3) is 1.31. The number of nitrogens with zero attached hydrogens (tertiary/aromatic N) is 1. The molecule has 3 heteroatoms. The van der Waals surface area contributed by atoms with Crippen molar-refractivity contribution in [3.05, 3.63) is 29.8 Å². The van der Waals surface area contributed by atoms with Gasteiger partial charge in [0.25, 0.3) is 0 Å². The lowest BCUT2D eigenvalue weighted by molar-refractivity contribution is -0.123. The number of hydrogen-bond donors (Lipinski definition) is 1. The number of benzene rings is 1. The highest BCUT2D eigenvalue weighted by atomic mass is 16.2. The second-order valence-electron chi connectivity index (χ2n) is 3.39. The van der Waals surface area contributed by atoms with E-state index in [2.05, 4.69) is 0 Å². The lowest BCUT2D eigenvalue weighted by atomic mass is 10.1. The van der Waals surface area contributed by atoms with Crippen LogP contribution in [0.1, 0.15) is 5.56 Å². The molecule has 0 spiro atoms. The Morgan fingerprint density at radius 2 is 2.00 bits per heavy atom. The Labute approximate surface area is 77.1 Å². The summed E-state index contributed by atoms with van der Waals surface area (Å²) in [4.78, 5) is 12.9. The summed E-state index contributed by atoms with van der Waals surface area (Å²) in [6.45, 7) is 2.66. The van der Waals surface area contributed by atoms with E-state index < -0.39 is 0 Å². The summed E-state index contributed by atoms with van der Waals surface area (Å²) in [6, 6.07) is 7.58. The van der Waals surface area contributed by atoms with Crippen molar-refractivity contribution >= 4 is 11.6 Å². The van der Waals surface area contributed by atoms with Crippen LogP contribution in [0.2, 0.25) is 0 Å². The molecule has 3 nitrogen and oxygen atoms in total. The first-order valence-electron chi connectivity index (χ1n) is 4.32. The third-order valence-corrected chi connectivity index (χ3v) is 2.31. The molecule has 1 aliphatic rings. The zero-order chi connectivity index (χ0) is 9.42. The molecule has 1 aromatic carbocycles. The molecule has 1 fully saturated rings. The zero-order valence-corrected chi connectivity index (χ0v) is 7.53. The van der Waals surface area contributed by atoms with Crippen LogP contribution in [0.3, 0.4) is 0 Å². The number of anilines is 1. The Bertz CT molecular complexity index is 331. The number of hydrogen-bond acceptors (Lipinski definition) is 2. The Hall–Kier alpha value is -1.35. The van der Waals surface area contributed by atoms with Gasteiger partial charge in [0.05, 0.1) is 6.54 Å². The van der Waals surface area contributed by atoms with Gasteiger partial charge in [-0.1, -0.05) is 17.7 Å². The Kier molecular flexibility index (Phi) is 1.81. The van der Waals surface area contributed by atoms with E-state index >= 15 is 0 Å². The lowest BCUT2D eigenvalue weighted by Gasteiger charge is -2.36. The summed E-state index contributed by atoms with van der Waals surface area (Å²) in [5, 5.41) is 0. The van der Waals surface area contributed by atoms with Gasteiger partial charge in [0, 0.05) is 5.69 Å². The molecular formula is C10H12N2O. The van der Waals surface area contributed by atoms with Crippen molar-refractivity contribution in [2.45, 2.75) is 13.0 Å². The van der Waals surface area contributed by atoms with Gasteiger partial charge in [-0.05, 0) is 19.1 Å². The molecular weight excluding hydrogens is 164 g/mol. The van der Waals surface area contributed by atoms with Crippen molar-refractivity contribution in [3.8, 4) is 0 Å². The molecule has 0 aliphatic carbocycles. The van der Waals surface area contributed by atoms with Gasteiger partial charge in [0.1, 0.15) is 6.04 Å². The third-order valence-electron chi connectivity index (χ3n) is 2.31. The quantitative estimate of drug-likeness (QED) is 0.639. The molecule has 13 heavy (non-hydrogen) atoms. The van der Waals surface area contributed by atoms with Crippen molar-refractivity contribution in [2.24, 2.45) is 5.73 Å². The molecule has 0 bridgehead atoms. The van der Waals surface area contributed by atoms with Crippen LogP contribution >= 0.6 is 0 Å². The van der Waals surface area contributed by atoms with Gasteiger partial charge in [0.2, 0.25) is 5.91 Å². The van der Waals surface area contributed by atoms with E-state index in [9.17, 15) is 4.79 Å². The predicted molar refractivity (Wildman–Crippen MR) is 51.5 cm³/mol. The normalized spacial score (nSPS) is 21.5. The Morgan fingerprint density at radius 1 is 1.38 bits per heavy atom. The maximum Gasteiger partial charge on any atom is 0.245 e. The second-order valence-corrected chi connectivity index (χ2v) is 3.39. The topological polar surface area (TPSA) is 46.3 Å². The SMILES string of the molecule is Cc1ccc(N2CC(N)C2=O)cc1. The first kappa shape index (κ1) is 8.26. The molecule has 1 unspecified atom stereocenters. The maximum atomic E-state index is 11.2. The molecule has 2 N–H and O–H groups in total. The number of aryl methyl sites for hydroxylation is 1. The Balaban J connectivity index is 2.19. The second kappa shape index (κ2) is 2.85. The summed E-state index contributed by atoms with van der Waals surface area (Å²) in [5.74, 6) is 0.0175. The lowest BCUT2D eigenvalue weighted by Crippen LogP contribution is -2.61. The number of nitrogens with two attached hydrogens (primary N) is 1. The summed E-state index contributed by atoms with van der Waals surface area (Å²) in [7, 11) is 0. The highest BCUT2D eigenvalue weighted by Crippen LogP contribution is 2.21. The van der Waals surface area contributed by atoms with Crippen molar-refractivity contribution in [1.29, 1.82) is 0 Å². The van der Waals surface area contributed by atoms with Gasteiger partial charge in [-0.25, -0.2) is 0 Å². The fraction of sp³-hybridized carbons (Fsp3) is 0.300.